The summed E-state index contributed by atoms with van der Waals surface area (Å²) >= 11 is 5.44. The number of carbonyl (C=O) groups is 3. The van der Waals surface area contributed by atoms with Crippen molar-refractivity contribution in [3.8, 4) is 0 Å². The predicted molar refractivity (Wildman–Crippen MR) is 140 cm³/mol. The molecule has 0 aromatic heterocycles. The fourth-order valence-electron chi connectivity index (χ4n) is 5.88. The monoisotopic (exact) mass is 555 g/mol. The number of fused-ring (bicyclic) bond motifs is 1. The van der Waals surface area contributed by atoms with Crippen LogP contribution in [0.15, 0.2) is 25.3 Å². The van der Waals surface area contributed by atoms with Crippen molar-refractivity contribution < 1.29 is 19.5 Å². The minimum absolute atomic E-state index is 0.0497. The molecule has 7 nitrogen and oxygen atoms in total. The van der Waals surface area contributed by atoms with Gasteiger partial charge in [-0.3, -0.25) is 14.4 Å². The fraction of sp³-hybridized carbons (Fsp3) is 0.720. The lowest BCUT2D eigenvalue weighted by molar-refractivity contribution is -0.144. The Labute approximate surface area is 216 Å². The molecule has 0 aromatic carbocycles. The van der Waals surface area contributed by atoms with Crippen LogP contribution in [0.25, 0.3) is 0 Å². The molecule has 0 saturated carbocycles. The molecular formula is C25H38BrN3O4S. The number of carbonyl (C=O) groups excluding carboxylic acids is 3. The quantitative estimate of drug-likeness (QED) is 0.214. The molecule has 0 aliphatic carbocycles. The average Bonchev–Trinajstić information content (AvgIpc) is 3.39. The van der Waals surface area contributed by atoms with Gasteiger partial charge in [0.2, 0.25) is 17.7 Å². The second kappa shape index (κ2) is 11.6. The second-order valence-corrected chi connectivity index (χ2v) is 12.3. The largest absolute Gasteiger partial charge is 0.396 e. The van der Waals surface area contributed by atoms with Gasteiger partial charge in [-0.1, -0.05) is 47.8 Å². The Bertz CT molecular complexity index is 811. The van der Waals surface area contributed by atoms with Crippen molar-refractivity contribution in [2.75, 3.05) is 39.8 Å². The number of thioether (sulfide) groups is 1. The first-order valence-corrected chi connectivity index (χ1v) is 14.1. The number of likely N-dealkylation sites (N-methyl/N-ethyl adjacent to an activating group) is 1. The van der Waals surface area contributed by atoms with E-state index in [0.717, 1.165) is 19.3 Å². The molecule has 34 heavy (non-hydrogen) atoms. The lowest BCUT2D eigenvalue weighted by atomic mass is 9.70. The van der Waals surface area contributed by atoms with Gasteiger partial charge in [0, 0.05) is 49.9 Å². The number of likely N-dealkylation sites (tertiary alicyclic amines) is 1. The molecule has 3 aliphatic heterocycles. The zero-order valence-electron chi connectivity index (χ0n) is 20.3. The van der Waals surface area contributed by atoms with Crippen molar-refractivity contribution in [1.82, 2.24) is 14.7 Å². The number of alkyl halides is 1. The summed E-state index contributed by atoms with van der Waals surface area (Å²) in [5.41, 5.74) is 0. The summed E-state index contributed by atoms with van der Waals surface area (Å²) in [6, 6.07) is -0.643. The van der Waals surface area contributed by atoms with Gasteiger partial charge in [0.1, 0.15) is 6.04 Å². The van der Waals surface area contributed by atoms with E-state index in [4.69, 9.17) is 0 Å². The number of aliphatic hydroxyl groups excluding tert-OH is 1. The molecule has 2 bridgehead atoms. The van der Waals surface area contributed by atoms with E-state index < -0.39 is 22.6 Å². The molecule has 3 fully saturated rings. The Morgan fingerprint density at radius 2 is 1.94 bits per heavy atom. The van der Waals surface area contributed by atoms with E-state index in [1.807, 2.05) is 4.90 Å². The van der Waals surface area contributed by atoms with Crippen LogP contribution in [0.5, 0.6) is 0 Å². The summed E-state index contributed by atoms with van der Waals surface area (Å²) in [5.74, 6) is -1.28. The van der Waals surface area contributed by atoms with Gasteiger partial charge >= 0.3 is 0 Å². The molecule has 1 N–H and O–H groups in total. The molecule has 3 aliphatic rings. The molecule has 0 aromatic rings. The third kappa shape index (κ3) is 4.72. The molecule has 1 spiro atoms. The predicted octanol–water partition coefficient (Wildman–Crippen LogP) is 2.68. The van der Waals surface area contributed by atoms with Crippen LogP contribution >= 0.6 is 27.7 Å². The number of nitrogens with zero attached hydrogens (tertiary/aromatic N) is 3. The van der Waals surface area contributed by atoms with E-state index in [0.29, 0.717) is 39.0 Å². The Hall–Kier alpha value is -1.32. The maximum absolute atomic E-state index is 14.1. The molecule has 6 atom stereocenters. The highest BCUT2D eigenvalue weighted by atomic mass is 79.9. The van der Waals surface area contributed by atoms with Crippen molar-refractivity contribution >= 4 is 45.4 Å². The van der Waals surface area contributed by atoms with Crippen LogP contribution in [-0.2, 0) is 14.4 Å². The van der Waals surface area contributed by atoms with Gasteiger partial charge in [0.05, 0.1) is 16.6 Å². The van der Waals surface area contributed by atoms with Gasteiger partial charge in [-0.05, 0) is 19.3 Å². The number of unbranched alkanes of at least 4 members (excludes halogenated alkanes) is 2. The minimum Gasteiger partial charge on any atom is -0.396 e. The van der Waals surface area contributed by atoms with Crippen molar-refractivity contribution in [3.63, 3.8) is 0 Å². The molecule has 3 heterocycles. The first kappa shape index (κ1) is 27.3. The van der Waals surface area contributed by atoms with Gasteiger partial charge in [-0.25, -0.2) is 0 Å². The number of amides is 3. The summed E-state index contributed by atoms with van der Waals surface area (Å²) in [5, 5.41) is 9.43. The number of aliphatic hydroxyl groups is 1. The first-order chi connectivity index (χ1) is 16.3. The van der Waals surface area contributed by atoms with Crippen LogP contribution in [0.1, 0.15) is 39.0 Å². The summed E-state index contributed by atoms with van der Waals surface area (Å²) in [4.78, 5) is 46.6. The van der Waals surface area contributed by atoms with Gasteiger partial charge in [0.15, 0.2) is 0 Å². The van der Waals surface area contributed by atoms with E-state index in [2.05, 4.69) is 36.0 Å². The molecular weight excluding hydrogens is 518 g/mol. The Balaban J connectivity index is 2.00. The van der Waals surface area contributed by atoms with Crippen LogP contribution in [0.4, 0.5) is 0 Å². The Morgan fingerprint density at radius 3 is 2.56 bits per heavy atom. The van der Waals surface area contributed by atoms with Crippen LogP contribution < -0.4 is 0 Å². The standard InChI is InChI=1S/C25H38BrN3O4S/c1-5-8-9-13-28(12-7-3)24(33)21-25-16-17(26)20(34-25)18(22(31)27(4)11-6-2)19(25)23(32)29(21)14-10-15-30/h6-7,17-21,30H,2-3,5,8-16H2,1,4H3/t17?,18-,19-,20-,21?,25?/m0/s1. The molecule has 3 amide bonds. The number of rotatable bonds is 13. The van der Waals surface area contributed by atoms with E-state index in [1.165, 1.54) is 0 Å². The van der Waals surface area contributed by atoms with Gasteiger partial charge in [-0.2, -0.15) is 0 Å². The molecule has 3 saturated heterocycles. The lowest BCUT2D eigenvalue weighted by Crippen LogP contribution is -2.56. The van der Waals surface area contributed by atoms with Crippen molar-refractivity contribution in [2.45, 2.75) is 59.9 Å². The number of hydrogen-bond acceptors (Lipinski definition) is 5. The molecule has 190 valence electrons. The topological polar surface area (TPSA) is 81.2 Å². The maximum atomic E-state index is 14.1. The highest BCUT2D eigenvalue weighted by molar-refractivity contribution is 9.09. The molecule has 3 unspecified atom stereocenters. The van der Waals surface area contributed by atoms with Gasteiger partial charge in [0.25, 0.3) is 0 Å². The summed E-state index contributed by atoms with van der Waals surface area (Å²) in [7, 11) is 1.74. The minimum atomic E-state index is -0.651. The van der Waals surface area contributed by atoms with Gasteiger partial charge in [-0.15, -0.1) is 24.9 Å². The van der Waals surface area contributed by atoms with Crippen molar-refractivity contribution in [2.24, 2.45) is 11.8 Å². The third-order valence-corrected chi connectivity index (χ3v) is 10.6. The number of halogens is 1. The first-order valence-electron chi connectivity index (χ1n) is 12.3. The maximum Gasteiger partial charge on any atom is 0.247 e. The van der Waals surface area contributed by atoms with Crippen LogP contribution in [0, 0.1) is 11.8 Å². The Kier molecular flexibility index (Phi) is 9.31. The van der Waals surface area contributed by atoms with Crippen LogP contribution in [-0.4, -0.2) is 98.2 Å². The van der Waals surface area contributed by atoms with Crippen molar-refractivity contribution in [1.29, 1.82) is 0 Å². The highest BCUT2D eigenvalue weighted by Gasteiger charge is 2.75. The van der Waals surface area contributed by atoms with E-state index >= 15 is 0 Å². The zero-order valence-corrected chi connectivity index (χ0v) is 22.7. The summed E-state index contributed by atoms with van der Waals surface area (Å²) < 4.78 is -0.651. The van der Waals surface area contributed by atoms with Gasteiger partial charge < -0.3 is 19.8 Å². The van der Waals surface area contributed by atoms with Crippen molar-refractivity contribution in [3.05, 3.63) is 25.3 Å². The average molecular weight is 557 g/mol. The molecule has 9 heteroatoms. The van der Waals surface area contributed by atoms with Crippen LogP contribution in [0.2, 0.25) is 0 Å². The second-order valence-electron chi connectivity index (χ2n) is 9.56. The number of hydrogen-bond donors (Lipinski definition) is 1. The normalized spacial score (nSPS) is 31.5. The summed E-state index contributed by atoms with van der Waals surface area (Å²) in [6.07, 6.45) is 7.45. The van der Waals surface area contributed by atoms with Crippen LogP contribution in [0.3, 0.4) is 0 Å². The van der Waals surface area contributed by atoms with E-state index in [1.54, 1.807) is 40.8 Å². The summed E-state index contributed by atoms with van der Waals surface area (Å²) in [6.45, 7) is 11.4. The fourth-order valence-corrected chi connectivity index (χ4v) is 9.48. The zero-order chi connectivity index (χ0) is 25.0. The van der Waals surface area contributed by atoms with E-state index in [-0.39, 0.29) is 34.4 Å². The molecule has 3 rings (SSSR count). The third-order valence-electron chi connectivity index (χ3n) is 7.34. The smallest absolute Gasteiger partial charge is 0.247 e. The Morgan fingerprint density at radius 1 is 1.24 bits per heavy atom. The molecule has 0 radical (unpaired) electrons. The van der Waals surface area contributed by atoms with E-state index in [9.17, 15) is 19.5 Å². The highest BCUT2D eigenvalue weighted by Crippen LogP contribution is 2.68. The SMILES string of the molecule is C=CCN(C)C(=O)[C@H]1[C@H]2C(=O)N(CCCO)C(C(=O)N(CC=C)CCCCC)C23CC(Br)[C@@H]1S3. The lowest BCUT2D eigenvalue weighted by Gasteiger charge is -2.38.